The van der Waals surface area contributed by atoms with Crippen LogP contribution in [0, 0.1) is 5.92 Å². The van der Waals surface area contributed by atoms with Crippen LogP contribution < -0.4 is 22.3 Å². The van der Waals surface area contributed by atoms with Crippen molar-refractivity contribution in [2.75, 3.05) is 13.1 Å². The maximum absolute atomic E-state index is 12.1. The molecule has 0 spiro atoms. The Morgan fingerprint density at radius 2 is 1.60 bits per heavy atom. The molecule has 0 aliphatic rings. The van der Waals surface area contributed by atoms with Crippen LogP contribution in [0.4, 0.5) is 0 Å². The normalized spacial score (nSPS) is 13.4. The first-order valence-corrected chi connectivity index (χ1v) is 13.4. The first-order valence-electron chi connectivity index (χ1n) is 13.4. The Hall–Kier alpha value is -2.26. The van der Waals surface area contributed by atoms with Crippen molar-refractivity contribution >= 4 is 16.9 Å². The molecule has 9 nitrogen and oxygen atoms in total. The fourth-order valence-corrected chi connectivity index (χ4v) is 4.51. The lowest BCUT2D eigenvalue weighted by molar-refractivity contribution is -0.122. The molecule has 198 valence electrons. The van der Waals surface area contributed by atoms with Gasteiger partial charge in [-0.1, -0.05) is 58.8 Å². The van der Waals surface area contributed by atoms with Crippen LogP contribution >= 0.6 is 0 Å². The van der Waals surface area contributed by atoms with Crippen molar-refractivity contribution in [1.82, 2.24) is 24.4 Å². The van der Waals surface area contributed by atoms with Crippen LogP contribution in [-0.4, -0.2) is 44.0 Å². The van der Waals surface area contributed by atoms with Crippen LogP contribution in [0.2, 0.25) is 0 Å². The molecular formula is C26H46N6O3. The summed E-state index contributed by atoms with van der Waals surface area (Å²) in [5.41, 5.74) is 6.24. The van der Waals surface area contributed by atoms with E-state index in [0.29, 0.717) is 24.1 Å². The highest BCUT2D eigenvalue weighted by atomic mass is 16.2. The number of Topliss-reactive ketones (excluding diaryl/α,β-unsaturated/α-hetero) is 1. The van der Waals surface area contributed by atoms with Crippen molar-refractivity contribution < 1.29 is 4.79 Å². The van der Waals surface area contributed by atoms with E-state index in [1.165, 1.54) is 43.1 Å². The summed E-state index contributed by atoms with van der Waals surface area (Å²) in [4.78, 5) is 42.7. The van der Waals surface area contributed by atoms with Crippen LogP contribution in [0.5, 0.6) is 0 Å². The van der Waals surface area contributed by atoms with Gasteiger partial charge >= 0.3 is 5.69 Å². The molecule has 0 bridgehead atoms. The molecule has 4 N–H and O–H groups in total. The fourth-order valence-electron chi connectivity index (χ4n) is 4.51. The molecule has 0 aliphatic heterocycles. The molecule has 2 aromatic rings. The Morgan fingerprint density at radius 3 is 2.23 bits per heavy atom. The minimum Gasteiger partial charge on any atom is -0.326 e. The second-order valence-corrected chi connectivity index (χ2v) is 9.88. The Bertz CT molecular complexity index is 1040. The fraction of sp³-hybridized carbons (Fsp3) is 0.769. The second kappa shape index (κ2) is 15.0. The molecule has 9 heteroatoms. The van der Waals surface area contributed by atoms with Crippen molar-refractivity contribution in [3.8, 4) is 0 Å². The van der Waals surface area contributed by atoms with Gasteiger partial charge in [0.2, 0.25) is 0 Å². The number of H-pyrrole nitrogens is 1. The average molecular weight is 491 g/mol. The number of fused-ring (bicyclic) bond motifs is 1. The number of imidazole rings is 1. The highest BCUT2D eigenvalue weighted by Gasteiger charge is 2.19. The van der Waals surface area contributed by atoms with Gasteiger partial charge in [-0.2, -0.15) is 0 Å². The number of aromatic nitrogens is 4. The van der Waals surface area contributed by atoms with E-state index in [0.717, 1.165) is 44.5 Å². The number of unbranched alkanes of at least 4 members (excludes halogenated alkanes) is 8. The molecule has 0 fully saturated rings. The Morgan fingerprint density at radius 1 is 1.00 bits per heavy atom. The van der Waals surface area contributed by atoms with Crippen LogP contribution in [0.25, 0.3) is 11.2 Å². The van der Waals surface area contributed by atoms with E-state index >= 15 is 0 Å². The lowest BCUT2D eigenvalue weighted by Gasteiger charge is -2.19. The van der Waals surface area contributed by atoms with E-state index in [2.05, 4.69) is 15.3 Å². The molecule has 2 rings (SSSR count). The van der Waals surface area contributed by atoms with Gasteiger partial charge in [-0.3, -0.25) is 19.1 Å². The summed E-state index contributed by atoms with van der Waals surface area (Å²) in [7, 11) is 3.46. The van der Waals surface area contributed by atoms with Gasteiger partial charge in [0, 0.05) is 45.4 Å². The molecule has 2 aromatic heterocycles. The number of hydrogen-bond donors (Lipinski definition) is 3. The zero-order valence-electron chi connectivity index (χ0n) is 22.2. The first-order chi connectivity index (χ1) is 16.8. The number of carbonyl (C=O) groups is 1. The third-order valence-electron chi connectivity index (χ3n) is 7.01. The zero-order chi connectivity index (χ0) is 25.8. The van der Waals surface area contributed by atoms with Crippen molar-refractivity contribution in [3.05, 3.63) is 26.7 Å². The third kappa shape index (κ3) is 8.72. The average Bonchev–Trinajstić information content (AvgIpc) is 3.16. The summed E-state index contributed by atoms with van der Waals surface area (Å²) < 4.78 is 3.20. The molecular weight excluding hydrogens is 444 g/mol. The monoisotopic (exact) mass is 490 g/mol. The number of nitrogens with one attached hydrogen (secondary N) is 2. The maximum Gasteiger partial charge on any atom is 0.329 e. The molecule has 0 aromatic carbocycles. The van der Waals surface area contributed by atoms with Gasteiger partial charge in [0.1, 0.15) is 11.6 Å². The van der Waals surface area contributed by atoms with E-state index < -0.39 is 5.69 Å². The smallest absolute Gasteiger partial charge is 0.326 e. The molecule has 35 heavy (non-hydrogen) atoms. The molecule has 0 aliphatic carbocycles. The molecule has 2 unspecified atom stereocenters. The van der Waals surface area contributed by atoms with Gasteiger partial charge in [0.05, 0.1) is 0 Å². The minimum absolute atomic E-state index is 0.0645. The van der Waals surface area contributed by atoms with E-state index in [4.69, 9.17) is 5.73 Å². The van der Waals surface area contributed by atoms with Gasteiger partial charge in [0.25, 0.3) is 5.56 Å². The number of nitrogens with two attached hydrogens (primary N) is 1. The van der Waals surface area contributed by atoms with E-state index in [1.807, 2.05) is 25.5 Å². The lowest BCUT2D eigenvalue weighted by atomic mass is 9.95. The van der Waals surface area contributed by atoms with Crippen LogP contribution in [0.3, 0.4) is 0 Å². The Balaban J connectivity index is 1.49. The summed E-state index contributed by atoms with van der Waals surface area (Å²) in [5, 5.41) is 3.40. The highest BCUT2D eigenvalue weighted by molar-refractivity contribution is 5.81. The number of carbonyl (C=O) groups excluding carboxylic acids is 1. The van der Waals surface area contributed by atoms with Crippen LogP contribution in [0.15, 0.2) is 9.59 Å². The van der Waals surface area contributed by atoms with Gasteiger partial charge in [0.15, 0.2) is 11.2 Å². The summed E-state index contributed by atoms with van der Waals surface area (Å²) in [5.74, 6) is 1.06. The van der Waals surface area contributed by atoms with Gasteiger partial charge in [-0.05, 0) is 25.8 Å². The predicted molar refractivity (Wildman–Crippen MR) is 142 cm³/mol. The van der Waals surface area contributed by atoms with E-state index in [-0.39, 0.29) is 23.3 Å². The first kappa shape index (κ1) is 29.0. The van der Waals surface area contributed by atoms with Crippen molar-refractivity contribution in [3.63, 3.8) is 0 Å². The molecule has 2 atom stereocenters. The van der Waals surface area contributed by atoms with Crippen LogP contribution in [-0.2, 0) is 25.3 Å². The van der Waals surface area contributed by atoms with Crippen molar-refractivity contribution in [2.45, 2.75) is 96.9 Å². The summed E-state index contributed by atoms with van der Waals surface area (Å²) in [6.45, 7) is 5.64. The topological polar surface area (TPSA) is 128 Å². The molecule has 2 heterocycles. The Kier molecular flexibility index (Phi) is 12.4. The summed E-state index contributed by atoms with van der Waals surface area (Å²) in [6, 6.07) is -0.0955. The van der Waals surface area contributed by atoms with Gasteiger partial charge in [-0.25, -0.2) is 9.78 Å². The number of rotatable bonds is 18. The van der Waals surface area contributed by atoms with E-state index in [1.54, 1.807) is 7.05 Å². The molecule has 0 saturated heterocycles. The van der Waals surface area contributed by atoms with Gasteiger partial charge in [-0.15, -0.1) is 0 Å². The Labute approximate surface area is 208 Å². The van der Waals surface area contributed by atoms with Crippen LogP contribution in [0.1, 0.15) is 90.3 Å². The quantitative estimate of drug-likeness (QED) is 0.276. The minimum atomic E-state index is -0.433. The summed E-state index contributed by atoms with van der Waals surface area (Å²) in [6.07, 6.45) is 13.1. The lowest BCUT2D eigenvalue weighted by Crippen LogP contribution is -2.42. The largest absolute Gasteiger partial charge is 0.329 e. The zero-order valence-corrected chi connectivity index (χ0v) is 22.2. The van der Waals surface area contributed by atoms with E-state index in [9.17, 15) is 14.4 Å². The molecule has 0 amide bonds. The number of ketones is 1. The standard InChI is InChI=1S/C26H46N6O3/c1-5-15-21(33)19(2)20(27)18-28-17-14-12-10-8-6-7-9-11-13-16-22-29-24-23(31(22)3)25(34)30-26(35)32(24)4/h19-20,28H,5-18,27H2,1-4H3,(H,30,34,35). The SMILES string of the molecule is CCCC(=O)C(C)C(N)CNCCCCCCCCCCCc1nc2c(c(=O)[nH]c(=O)n2C)n1C. The third-order valence-corrected chi connectivity index (χ3v) is 7.01. The maximum atomic E-state index is 12.1. The summed E-state index contributed by atoms with van der Waals surface area (Å²) >= 11 is 0. The highest BCUT2D eigenvalue weighted by Crippen LogP contribution is 2.14. The van der Waals surface area contributed by atoms with Gasteiger partial charge < -0.3 is 15.6 Å². The number of nitrogens with zero attached hydrogens (tertiary/aromatic N) is 3. The van der Waals surface area contributed by atoms with Crippen molar-refractivity contribution in [1.29, 1.82) is 0 Å². The number of aryl methyl sites for hydroxylation is 3. The predicted octanol–water partition coefficient (Wildman–Crippen LogP) is 2.94. The number of hydrogen-bond acceptors (Lipinski definition) is 6. The number of aromatic amines is 1. The molecule has 0 radical (unpaired) electrons. The second-order valence-electron chi connectivity index (χ2n) is 9.88. The molecule has 0 saturated carbocycles. The van der Waals surface area contributed by atoms with Crippen molar-refractivity contribution in [2.24, 2.45) is 25.7 Å².